The molecule has 0 amide bonds. The fourth-order valence-electron chi connectivity index (χ4n) is 3.20. The van der Waals surface area contributed by atoms with E-state index in [-0.39, 0.29) is 11.9 Å². The van der Waals surface area contributed by atoms with Gasteiger partial charge in [-0.3, -0.25) is 9.79 Å². The molecule has 1 saturated heterocycles. The molecule has 7 heteroatoms. The number of morpholine rings is 1. The Morgan fingerprint density at radius 1 is 1.41 bits per heavy atom. The number of nitrogens with one attached hydrogen (secondary N) is 1. The number of amidine groups is 1. The van der Waals surface area contributed by atoms with Crippen molar-refractivity contribution in [2.24, 2.45) is 15.7 Å². The van der Waals surface area contributed by atoms with E-state index < -0.39 is 0 Å². The topological polar surface area (TPSA) is 92.3 Å². The zero-order valence-corrected chi connectivity index (χ0v) is 15.7. The van der Waals surface area contributed by atoms with Gasteiger partial charge in [0.15, 0.2) is 5.78 Å². The van der Waals surface area contributed by atoms with Crippen molar-refractivity contribution < 1.29 is 9.53 Å². The molecule has 142 valence electrons. The molecular formula is C20H25N5O2. The minimum absolute atomic E-state index is 0.0170. The molecule has 1 aromatic carbocycles. The van der Waals surface area contributed by atoms with Crippen LogP contribution < -0.4 is 11.1 Å². The van der Waals surface area contributed by atoms with E-state index in [0.29, 0.717) is 35.9 Å². The first-order valence-corrected chi connectivity index (χ1v) is 8.94. The van der Waals surface area contributed by atoms with E-state index in [2.05, 4.69) is 26.9 Å². The molecule has 2 heterocycles. The Morgan fingerprint density at radius 3 is 2.70 bits per heavy atom. The lowest BCUT2D eigenvalue weighted by Gasteiger charge is -2.35. The predicted octanol–water partition coefficient (Wildman–Crippen LogP) is 1.78. The molecule has 1 aromatic rings. The standard InChI is InChI=1S/C20H25N5O2/c1-13-10-24-20(21)19(25(13)12-17-11-23-8-9-27-17)18(22-3)16-6-4-15(5-7-16)14(2)26/h4-7,10,17,23H,3,8-9,11-12H2,1-2H3,(H2,21,24)/b19-18-/t17-/m1/s1. The number of benzene rings is 1. The first-order valence-electron chi connectivity index (χ1n) is 8.94. The van der Waals surface area contributed by atoms with Crippen LogP contribution in [0.15, 0.2) is 51.8 Å². The Bertz CT molecular complexity index is 817. The highest BCUT2D eigenvalue weighted by Gasteiger charge is 2.27. The summed E-state index contributed by atoms with van der Waals surface area (Å²) in [4.78, 5) is 22.2. The molecule has 0 spiro atoms. The van der Waals surface area contributed by atoms with Crippen LogP contribution in [0.2, 0.25) is 0 Å². The molecule has 27 heavy (non-hydrogen) atoms. The monoisotopic (exact) mass is 367 g/mol. The van der Waals surface area contributed by atoms with Gasteiger partial charge in [0, 0.05) is 36.1 Å². The molecule has 1 fully saturated rings. The zero-order chi connectivity index (χ0) is 19.4. The highest BCUT2D eigenvalue weighted by Crippen LogP contribution is 2.28. The Hall–Kier alpha value is -2.77. The second-order valence-corrected chi connectivity index (χ2v) is 6.58. The zero-order valence-electron chi connectivity index (χ0n) is 15.7. The number of aliphatic imine (C=N–C) groups is 2. The molecule has 1 atom stereocenters. The Kier molecular flexibility index (Phi) is 5.83. The van der Waals surface area contributed by atoms with Crippen molar-refractivity contribution in [1.29, 1.82) is 0 Å². The molecule has 0 bridgehead atoms. The van der Waals surface area contributed by atoms with Gasteiger partial charge in [0.1, 0.15) is 11.5 Å². The van der Waals surface area contributed by atoms with Crippen LogP contribution in [0.1, 0.15) is 29.8 Å². The van der Waals surface area contributed by atoms with Crippen LogP contribution >= 0.6 is 0 Å². The lowest BCUT2D eigenvalue weighted by molar-refractivity contribution is 0.0166. The molecule has 2 aliphatic heterocycles. The van der Waals surface area contributed by atoms with E-state index in [4.69, 9.17) is 10.5 Å². The van der Waals surface area contributed by atoms with Gasteiger partial charge in [0.05, 0.1) is 25.0 Å². The number of ether oxygens (including phenoxy) is 1. The van der Waals surface area contributed by atoms with Crippen LogP contribution in [0.4, 0.5) is 0 Å². The largest absolute Gasteiger partial charge is 0.382 e. The third-order valence-electron chi connectivity index (χ3n) is 4.67. The van der Waals surface area contributed by atoms with Crippen molar-refractivity contribution in [1.82, 2.24) is 10.2 Å². The second-order valence-electron chi connectivity index (χ2n) is 6.58. The van der Waals surface area contributed by atoms with Crippen molar-refractivity contribution in [3.63, 3.8) is 0 Å². The van der Waals surface area contributed by atoms with E-state index in [9.17, 15) is 4.79 Å². The Morgan fingerprint density at radius 2 is 2.11 bits per heavy atom. The van der Waals surface area contributed by atoms with Gasteiger partial charge in [0.2, 0.25) is 0 Å². The van der Waals surface area contributed by atoms with Gasteiger partial charge >= 0.3 is 0 Å². The fraction of sp³-hybridized carbons (Fsp3) is 0.350. The molecule has 3 rings (SSSR count). The lowest BCUT2D eigenvalue weighted by Crippen LogP contribution is -2.46. The van der Waals surface area contributed by atoms with Crippen molar-refractivity contribution in [2.45, 2.75) is 20.0 Å². The van der Waals surface area contributed by atoms with Gasteiger partial charge < -0.3 is 20.7 Å². The molecule has 0 aliphatic carbocycles. The highest BCUT2D eigenvalue weighted by molar-refractivity contribution is 6.05. The summed E-state index contributed by atoms with van der Waals surface area (Å²) in [5.41, 5.74) is 9.99. The first-order chi connectivity index (χ1) is 13.0. The number of allylic oxidation sites excluding steroid dienone is 1. The van der Waals surface area contributed by atoms with Gasteiger partial charge in [0.25, 0.3) is 0 Å². The van der Waals surface area contributed by atoms with Crippen LogP contribution in [0, 0.1) is 0 Å². The van der Waals surface area contributed by atoms with Gasteiger partial charge in [-0.2, -0.15) is 0 Å². The number of nitrogens with two attached hydrogens (primary N) is 1. The van der Waals surface area contributed by atoms with Gasteiger partial charge in [-0.15, -0.1) is 0 Å². The van der Waals surface area contributed by atoms with Crippen molar-refractivity contribution in [2.75, 3.05) is 26.2 Å². The molecule has 0 radical (unpaired) electrons. The summed E-state index contributed by atoms with van der Waals surface area (Å²) in [5, 5.41) is 3.34. The van der Waals surface area contributed by atoms with Gasteiger partial charge in [-0.1, -0.05) is 24.3 Å². The average Bonchev–Trinajstić information content (AvgIpc) is 2.68. The van der Waals surface area contributed by atoms with Crippen LogP contribution in [0.5, 0.6) is 0 Å². The van der Waals surface area contributed by atoms with E-state index in [1.807, 2.05) is 19.1 Å². The number of ketones is 1. The Balaban J connectivity index is 2.00. The molecule has 0 aromatic heterocycles. The van der Waals surface area contributed by atoms with Gasteiger partial charge in [-0.05, 0) is 20.6 Å². The maximum absolute atomic E-state index is 11.5. The summed E-state index contributed by atoms with van der Waals surface area (Å²) >= 11 is 0. The molecule has 3 N–H and O–H groups in total. The number of hydrogen-bond donors (Lipinski definition) is 2. The number of hydrogen-bond acceptors (Lipinski definition) is 7. The minimum Gasteiger partial charge on any atom is -0.382 e. The normalized spacial score (nSPS) is 22.0. The number of Topliss-reactive ketones (excluding diaryl/α,β-unsaturated/α-hetero) is 1. The molecule has 2 aliphatic rings. The highest BCUT2D eigenvalue weighted by atomic mass is 16.5. The summed E-state index contributed by atoms with van der Waals surface area (Å²) in [6.07, 6.45) is 1.78. The summed E-state index contributed by atoms with van der Waals surface area (Å²) in [7, 11) is 0. The number of carbonyl (C=O) groups excluding carboxylic acids is 1. The minimum atomic E-state index is 0.0170. The molecule has 0 saturated carbocycles. The first kappa shape index (κ1) is 19.0. The predicted molar refractivity (Wildman–Crippen MR) is 108 cm³/mol. The summed E-state index contributed by atoms with van der Waals surface area (Å²) in [6, 6.07) is 7.26. The maximum Gasteiger partial charge on any atom is 0.159 e. The lowest BCUT2D eigenvalue weighted by atomic mass is 10.0. The van der Waals surface area contributed by atoms with E-state index >= 15 is 0 Å². The molecular weight excluding hydrogens is 342 g/mol. The summed E-state index contributed by atoms with van der Waals surface area (Å²) < 4.78 is 5.86. The van der Waals surface area contributed by atoms with Crippen molar-refractivity contribution in [3.05, 3.63) is 53.0 Å². The van der Waals surface area contributed by atoms with Crippen molar-refractivity contribution >= 4 is 24.0 Å². The van der Waals surface area contributed by atoms with Crippen molar-refractivity contribution in [3.8, 4) is 0 Å². The quantitative estimate of drug-likeness (QED) is 0.611. The molecule has 0 unspecified atom stereocenters. The third-order valence-corrected chi connectivity index (χ3v) is 4.67. The average molecular weight is 367 g/mol. The Labute approximate surface area is 159 Å². The number of nitrogens with zero attached hydrogens (tertiary/aromatic N) is 3. The molecule has 7 nitrogen and oxygen atoms in total. The van der Waals surface area contributed by atoms with Crippen LogP contribution in [0.3, 0.4) is 0 Å². The smallest absolute Gasteiger partial charge is 0.159 e. The van der Waals surface area contributed by atoms with Crippen LogP contribution in [-0.2, 0) is 4.74 Å². The van der Waals surface area contributed by atoms with Crippen LogP contribution in [0.25, 0.3) is 5.70 Å². The van der Waals surface area contributed by atoms with Gasteiger partial charge in [-0.25, -0.2) is 4.99 Å². The maximum atomic E-state index is 11.5. The number of rotatable bonds is 5. The van der Waals surface area contributed by atoms with Crippen LogP contribution in [-0.4, -0.2) is 55.6 Å². The van der Waals surface area contributed by atoms with E-state index in [0.717, 1.165) is 24.4 Å². The fourth-order valence-corrected chi connectivity index (χ4v) is 3.20. The summed E-state index contributed by atoms with van der Waals surface area (Å²) in [5.74, 6) is 0.394. The SMILES string of the molecule is C=N/C(=C1/C(N)=NC=C(C)N1C[C@H]1CNCCO1)c1ccc(C(C)=O)cc1. The van der Waals surface area contributed by atoms with E-state index in [1.54, 1.807) is 25.3 Å². The number of carbonyl (C=O) groups is 1. The van der Waals surface area contributed by atoms with E-state index in [1.165, 1.54) is 0 Å². The third kappa shape index (κ3) is 4.15. The summed E-state index contributed by atoms with van der Waals surface area (Å²) in [6.45, 7) is 10.2. The second kappa shape index (κ2) is 8.28.